The fourth-order valence-electron chi connectivity index (χ4n) is 0.836. The Bertz CT molecular complexity index is 275. The monoisotopic (exact) mass is 187 g/mol. The Morgan fingerprint density at radius 2 is 2.08 bits per heavy atom. The van der Waals surface area contributed by atoms with Gasteiger partial charge in [0.05, 0.1) is 12.3 Å². The van der Waals surface area contributed by atoms with Crippen LogP contribution in [0.4, 0.5) is 0 Å². The van der Waals surface area contributed by atoms with E-state index in [0.717, 1.165) is 4.88 Å². The van der Waals surface area contributed by atoms with E-state index in [2.05, 4.69) is 4.98 Å². The molecule has 68 valence electrons. The molecule has 0 saturated carbocycles. The number of hydrogen-bond donors (Lipinski definition) is 2. The molecule has 0 aliphatic rings. The first-order chi connectivity index (χ1) is 5.45. The van der Waals surface area contributed by atoms with Gasteiger partial charge in [0.2, 0.25) is 0 Å². The van der Waals surface area contributed by atoms with Gasteiger partial charge in [0.1, 0.15) is 10.6 Å². The van der Waals surface area contributed by atoms with E-state index in [4.69, 9.17) is 5.11 Å². The SMILES string of the molecule is Cc1sc(C(C)(C)O)nc1CO. The zero-order valence-corrected chi connectivity index (χ0v) is 8.27. The Labute approximate surface area is 75.7 Å². The van der Waals surface area contributed by atoms with Gasteiger partial charge in [0.15, 0.2) is 0 Å². The second-order valence-corrected chi connectivity index (χ2v) is 4.44. The molecule has 3 nitrogen and oxygen atoms in total. The number of aliphatic hydroxyl groups excluding tert-OH is 1. The van der Waals surface area contributed by atoms with Crippen molar-refractivity contribution in [3.05, 3.63) is 15.6 Å². The standard InChI is InChI=1S/C8H13NO2S/c1-5-6(4-10)9-7(12-5)8(2,3)11/h10-11H,4H2,1-3H3. The molecule has 2 N–H and O–H groups in total. The normalized spacial score (nSPS) is 12.1. The molecule has 0 amide bonds. The Morgan fingerprint density at radius 3 is 2.33 bits per heavy atom. The third-order valence-corrected chi connectivity index (χ3v) is 2.89. The lowest BCUT2D eigenvalue weighted by Gasteiger charge is -2.12. The number of nitrogens with zero attached hydrogens (tertiary/aromatic N) is 1. The summed E-state index contributed by atoms with van der Waals surface area (Å²) >= 11 is 1.42. The molecule has 0 fully saturated rings. The van der Waals surface area contributed by atoms with Crippen LogP contribution in [0.5, 0.6) is 0 Å². The smallest absolute Gasteiger partial charge is 0.124 e. The summed E-state index contributed by atoms with van der Waals surface area (Å²) in [5.74, 6) is 0. The van der Waals surface area contributed by atoms with Crippen LogP contribution in [0.2, 0.25) is 0 Å². The van der Waals surface area contributed by atoms with Crippen LogP contribution in [0, 0.1) is 6.92 Å². The summed E-state index contributed by atoms with van der Waals surface area (Å²) in [4.78, 5) is 5.09. The van der Waals surface area contributed by atoms with Crippen molar-refractivity contribution in [2.24, 2.45) is 0 Å². The van der Waals surface area contributed by atoms with E-state index in [-0.39, 0.29) is 6.61 Å². The first kappa shape index (κ1) is 9.64. The lowest BCUT2D eigenvalue weighted by atomic mass is 10.1. The minimum absolute atomic E-state index is 0.0571. The van der Waals surface area contributed by atoms with E-state index in [0.29, 0.717) is 10.7 Å². The fourth-order valence-corrected chi connectivity index (χ4v) is 1.76. The van der Waals surface area contributed by atoms with Crippen LogP contribution < -0.4 is 0 Å². The highest BCUT2D eigenvalue weighted by atomic mass is 32.1. The van der Waals surface area contributed by atoms with Gasteiger partial charge >= 0.3 is 0 Å². The Hall–Kier alpha value is -0.450. The highest BCUT2D eigenvalue weighted by molar-refractivity contribution is 7.11. The van der Waals surface area contributed by atoms with Crippen LogP contribution >= 0.6 is 11.3 Å². The first-order valence-corrected chi connectivity index (χ1v) is 4.57. The molecule has 1 aromatic heterocycles. The Kier molecular flexibility index (Phi) is 2.51. The largest absolute Gasteiger partial charge is 0.390 e. The van der Waals surface area contributed by atoms with Crippen LogP contribution in [0.15, 0.2) is 0 Å². The number of hydrogen-bond acceptors (Lipinski definition) is 4. The topological polar surface area (TPSA) is 53.4 Å². The molecule has 0 unspecified atom stereocenters. The third kappa shape index (κ3) is 1.83. The van der Waals surface area contributed by atoms with Crippen molar-refractivity contribution >= 4 is 11.3 Å². The number of thiazole rings is 1. The molecular formula is C8H13NO2S. The minimum atomic E-state index is -0.900. The van der Waals surface area contributed by atoms with Gasteiger partial charge < -0.3 is 10.2 Å². The summed E-state index contributed by atoms with van der Waals surface area (Å²) in [6, 6.07) is 0. The van der Waals surface area contributed by atoms with Gasteiger partial charge in [-0.05, 0) is 20.8 Å². The maximum absolute atomic E-state index is 9.59. The molecule has 0 bridgehead atoms. The number of aliphatic hydroxyl groups is 2. The molecule has 1 rings (SSSR count). The van der Waals surface area contributed by atoms with E-state index >= 15 is 0 Å². The number of rotatable bonds is 2. The number of aryl methyl sites for hydroxylation is 1. The maximum Gasteiger partial charge on any atom is 0.124 e. The van der Waals surface area contributed by atoms with Crippen molar-refractivity contribution in [3.63, 3.8) is 0 Å². The summed E-state index contributed by atoms with van der Waals surface area (Å²) in [5, 5.41) is 19.1. The molecule has 0 saturated heterocycles. The zero-order chi connectivity index (χ0) is 9.35. The van der Waals surface area contributed by atoms with E-state index in [1.165, 1.54) is 11.3 Å². The lowest BCUT2D eigenvalue weighted by Crippen LogP contribution is -2.14. The molecule has 0 aliphatic carbocycles. The predicted molar refractivity (Wildman–Crippen MR) is 48.0 cm³/mol. The number of aromatic nitrogens is 1. The maximum atomic E-state index is 9.59. The van der Waals surface area contributed by atoms with Crippen molar-refractivity contribution in [1.29, 1.82) is 0 Å². The first-order valence-electron chi connectivity index (χ1n) is 3.75. The molecule has 1 aromatic rings. The Balaban J connectivity index is 3.05. The zero-order valence-electron chi connectivity index (χ0n) is 7.46. The minimum Gasteiger partial charge on any atom is -0.390 e. The van der Waals surface area contributed by atoms with Gasteiger partial charge in [-0.15, -0.1) is 11.3 Å². The molecule has 0 aliphatic heterocycles. The van der Waals surface area contributed by atoms with Gasteiger partial charge in [-0.1, -0.05) is 0 Å². The summed E-state index contributed by atoms with van der Waals surface area (Å²) < 4.78 is 0. The van der Waals surface area contributed by atoms with Crippen LogP contribution in [0.3, 0.4) is 0 Å². The molecule has 0 spiro atoms. The highest BCUT2D eigenvalue weighted by Gasteiger charge is 2.21. The average Bonchev–Trinajstić information content (AvgIpc) is 2.29. The summed E-state index contributed by atoms with van der Waals surface area (Å²) in [6.07, 6.45) is 0. The predicted octanol–water partition coefficient (Wildman–Crippen LogP) is 1.17. The quantitative estimate of drug-likeness (QED) is 0.730. The fraction of sp³-hybridized carbons (Fsp3) is 0.625. The lowest BCUT2D eigenvalue weighted by molar-refractivity contribution is 0.0779. The highest BCUT2D eigenvalue weighted by Crippen LogP contribution is 2.26. The second kappa shape index (κ2) is 3.12. The summed E-state index contributed by atoms with van der Waals surface area (Å²) in [6.45, 7) is 5.20. The van der Waals surface area contributed by atoms with E-state index in [9.17, 15) is 5.11 Å². The van der Waals surface area contributed by atoms with Crippen molar-refractivity contribution in [3.8, 4) is 0 Å². The molecule has 4 heteroatoms. The van der Waals surface area contributed by atoms with Gasteiger partial charge in [-0.3, -0.25) is 0 Å². The van der Waals surface area contributed by atoms with Crippen LogP contribution in [0.25, 0.3) is 0 Å². The van der Waals surface area contributed by atoms with Crippen molar-refractivity contribution in [1.82, 2.24) is 4.98 Å². The van der Waals surface area contributed by atoms with Crippen molar-refractivity contribution in [2.45, 2.75) is 33.0 Å². The van der Waals surface area contributed by atoms with Crippen molar-refractivity contribution in [2.75, 3.05) is 0 Å². The molecule has 1 heterocycles. The molecule has 12 heavy (non-hydrogen) atoms. The van der Waals surface area contributed by atoms with Gasteiger partial charge in [0, 0.05) is 4.88 Å². The van der Waals surface area contributed by atoms with Gasteiger partial charge in [0.25, 0.3) is 0 Å². The van der Waals surface area contributed by atoms with Crippen LogP contribution in [0.1, 0.15) is 29.4 Å². The molecule has 0 aromatic carbocycles. The van der Waals surface area contributed by atoms with Gasteiger partial charge in [-0.2, -0.15) is 0 Å². The molecule has 0 radical (unpaired) electrons. The molecular weight excluding hydrogens is 174 g/mol. The van der Waals surface area contributed by atoms with Crippen molar-refractivity contribution < 1.29 is 10.2 Å². The second-order valence-electron chi connectivity index (χ2n) is 3.24. The van der Waals surface area contributed by atoms with Crippen LogP contribution in [-0.2, 0) is 12.2 Å². The van der Waals surface area contributed by atoms with Crippen LogP contribution in [-0.4, -0.2) is 15.2 Å². The third-order valence-electron chi connectivity index (χ3n) is 1.57. The summed E-state index contributed by atoms with van der Waals surface area (Å²) in [7, 11) is 0. The Morgan fingerprint density at radius 1 is 1.50 bits per heavy atom. The van der Waals surface area contributed by atoms with Gasteiger partial charge in [-0.25, -0.2) is 4.98 Å². The van der Waals surface area contributed by atoms with E-state index in [1.54, 1.807) is 13.8 Å². The average molecular weight is 187 g/mol. The van der Waals surface area contributed by atoms with E-state index < -0.39 is 5.60 Å². The summed E-state index contributed by atoms with van der Waals surface area (Å²) in [5.41, 5.74) is -0.236. The van der Waals surface area contributed by atoms with E-state index in [1.807, 2.05) is 6.92 Å². The molecule has 0 atom stereocenters.